The maximum Gasteiger partial charge on any atom is 0.315 e. The van der Waals surface area contributed by atoms with Crippen molar-refractivity contribution in [1.29, 1.82) is 0 Å². The number of halogens is 1. The van der Waals surface area contributed by atoms with Gasteiger partial charge < -0.3 is 9.84 Å². The van der Waals surface area contributed by atoms with Gasteiger partial charge in [-0.25, -0.2) is 0 Å². The molecule has 0 aliphatic carbocycles. The molecule has 0 aliphatic rings. The third-order valence-corrected chi connectivity index (χ3v) is 2.15. The molecular formula is C10H11ClO3. The molecule has 1 unspecified atom stereocenters. The molecule has 76 valence electrons. The second kappa shape index (κ2) is 4.98. The monoisotopic (exact) mass is 214 g/mol. The molecule has 0 fully saturated rings. The summed E-state index contributed by atoms with van der Waals surface area (Å²) in [6.07, 6.45) is 0. The van der Waals surface area contributed by atoms with Crippen LogP contribution in [-0.4, -0.2) is 24.8 Å². The Kier molecular flexibility index (Phi) is 3.92. The molecule has 1 aromatic carbocycles. The van der Waals surface area contributed by atoms with Crippen molar-refractivity contribution in [1.82, 2.24) is 0 Å². The van der Waals surface area contributed by atoms with Crippen LogP contribution in [0.3, 0.4) is 0 Å². The van der Waals surface area contributed by atoms with E-state index in [4.69, 9.17) is 16.7 Å². The second-order valence-electron chi connectivity index (χ2n) is 2.81. The third-order valence-electron chi connectivity index (χ3n) is 1.92. The maximum atomic E-state index is 11.2. The molecule has 0 saturated heterocycles. The molecule has 0 amide bonds. The molecular weight excluding hydrogens is 204 g/mol. The number of esters is 1. The summed E-state index contributed by atoms with van der Waals surface area (Å²) in [6.45, 7) is -0.285. The highest BCUT2D eigenvalue weighted by Crippen LogP contribution is 2.20. The molecule has 0 aliphatic heterocycles. The van der Waals surface area contributed by atoms with E-state index in [0.29, 0.717) is 10.6 Å². The third kappa shape index (κ3) is 2.47. The zero-order valence-electron chi connectivity index (χ0n) is 7.74. The number of ether oxygens (including phenoxy) is 1. The minimum absolute atomic E-state index is 0.285. The van der Waals surface area contributed by atoms with Gasteiger partial charge >= 0.3 is 5.97 Å². The zero-order valence-corrected chi connectivity index (χ0v) is 8.49. The van der Waals surface area contributed by atoms with E-state index in [1.807, 2.05) is 0 Å². The van der Waals surface area contributed by atoms with Gasteiger partial charge in [0.25, 0.3) is 0 Å². The first-order valence-electron chi connectivity index (χ1n) is 4.13. The van der Waals surface area contributed by atoms with Crippen LogP contribution >= 0.6 is 11.6 Å². The molecule has 1 rings (SSSR count). The van der Waals surface area contributed by atoms with E-state index in [0.717, 1.165) is 0 Å². The van der Waals surface area contributed by atoms with Crippen molar-refractivity contribution in [3.8, 4) is 0 Å². The van der Waals surface area contributed by atoms with Gasteiger partial charge in [0.15, 0.2) is 0 Å². The summed E-state index contributed by atoms with van der Waals surface area (Å²) in [6, 6.07) is 6.79. The minimum Gasteiger partial charge on any atom is -0.468 e. The Hall–Kier alpha value is -1.06. The number of benzene rings is 1. The quantitative estimate of drug-likeness (QED) is 0.778. The lowest BCUT2D eigenvalue weighted by molar-refractivity contribution is -0.143. The average molecular weight is 215 g/mol. The van der Waals surface area contributed by atoms with E-state index in [1.54, 1.807) is 24.3 Å². The number of hydrogen-bond acceptors (Lipinski definition) is 3. The van der Waals surface area contributed by atoms with Crippen molar-refractivity contribution in [2.75, 3.05) is 13.7 Å². The largest absolute Gasteiger partial charge is 0.468 e. The van der Waals surface area contributed by atoms with Crippen molar-refractivity contribution in [2.45, 2.75) is 5.92 Å². The Morgan fingerprint density at radius 1 is 1.64 bits per heavy atom. The molecule has 1 N–H and O–H groups in total. The van der Waals surface area contributed by atoms with E-state index in [-0.39, 0.29) is 6.61 Å². The predicted octanol–water partition coefficient (Wildman–Crippen LogP) is 1.59. The topological polar surface area (TPSA) is 46.5 Å². The van der Waals surface area contributed by atoms with Gasteiger partial charge in [-0.05, 0) is 17.7 Å². The number of methoxy groups -OCH3 is 1. The van der Waals surface area contributed by atoms with Gasteiger partial charge in [0.2, 0.25) is 0 Å². The number of carbonyl (C=O) groups is 1. The smallest absolute Gasteiger partial charge is 0.315 e. The van der Waals surface area contributed by atoms with Crippen LogP contribution in [0.15, 0.2) is 24.3 Å². The zero-order chi connectivity index (χ0) is 10.6. The van der Waals surface area contributed by atoms with E-state index < -0.39 is 11.9 Å². The SMILES string of the molecule is COC(=O)C(CO)c1cccc(Cl)c1. The number of aliphatic hydroxyl groups is 1. The first-order chi connectivity index (χ1) is 6.69. The number of rotatable bonds is 3. The van der Waals surface area contributed by atoms with Crippen LogP contribution < -0.4 is 0 Å². The van der Waals surface area contributed by atoms with E-state index >= 15 is 0 Å². The van der Waals surface area contributed by atoms with Crippen LogP contribution in [0.5, 0.6) is 0 Å². The fourth-order valence-corrected chi connectivity index (χ4v) is 1.38. The normalized spacial score (nSPS) is 12.2. The Morgan fingerprint density at radius 2 is 2.36 bits per heavy atom. The Bertz CT molecular complexity index is 325. The number of carbonyl (C=O) groups excluding carboxylic acids is 1. The van der Waals surface area contributed by atoms with Gasteiger partial charge in [-0.15, -0.1) is 0 Å². The van der Waals surface area contributed by atoms with Crippen molar-refractivity contribution in [2.24, 2.45) is 0 Å². The standard InChI is InChI=1S/C10H11ClO3/c1-14-10(13)9(6-12)7-3-2-4-8(11)5-7/h2-5,9,12H,6H2,1H3. The van der Waals surface area contributed by atoms with Gasteiger partial charge in [0.1, 0.15) is 5.92 Å². The van der Waals surface area contributed by atoms with Crippen LogP contribution in [0, 0.1) is 0 Å². The summed E-state index contributed by atoms with van der Waals surface area (Å²) < 4.78 is 4.56. The lowest BCUT2D eigenvalue weighted by atomic mass is 10.0. The molecule has 1 atom stereocenters. The van der Waals surface area contributed by atoms with Crippen LogP contribution in [0.1, 0.15) is 11.5 Å². The van der Waals surface area contributed by atoms with Gasteiger partial charge in [-0.2, -0.15) is 0 Å². The highest BCUT2D eigenvalue weighted by Gasteiger charge is 2.20. The Labute approximate surface area is 87.3 Å². The molecule has 1 aromatic rings. The van der Waals surface area contributed by atoms with Crippen molar-refractivity contribution >= 4 is 17.6 Å². The van der Waals surface area contributed by atoms with E-state index in [1.165, 1.54) is 7.11 Å². The summed E-state index contributed by atoms with van der Waals surface area (Å²) in [5.74, 6) is -1.12. The summed E-state index contributed by atoms with van der Waals surface area (Å²) in [4.78, 5) is 11.2. The van der Waals surface area contributed by atoms with Gasteiger partial charge in [-0.3, -0.25) is 4.79 Å². The Morgan fingerprint density at radius 3 is 2.86 bits per heavy atom. The molecule has 0 spiro atoms. The van der Waals surface area contributed by atoms with E-state index in [2.05, 4.69) is 4.74 Å². The van der Waals surface area contributed by atoms with Crippen LogP contribution in [0.4, 0.5) is 0 Å². The van der Waals surface area contributed by atoms with E-state index in [9.17, 15) is 4.79 Å². The average Bonchev–Trinajstić information content (AvgIpc) is 2.19. The molecule has 0 radical (unpaired) electrons. The lowest BCUT2D eigenvalue weighted by Crippen LogP contribution is -2.17. The molecule has 14 heavy (non-hydrogen) atoms. The highest BCUT2D eigenvalue weighted by molar-refractivity contribution is 6.30. The maximum absolute atomic E-state index is 11.2. The molecule has 0 heterocycles. The van der Waals surface area contributed by atoms with Crippen LogP contribution in [-0.2, 0) is 9.53 Å². The molecule has 0 bridgehead atoms. The summed E-state index contributed by atoms with van der Waals surface area (Å²) >= 11 is 5.76. The fourth-order valence-electron chi connectivity index (χ4n) is 1.18. The van der Waals surface area contributed by atoms with Gasteiger partial charge in [0.05, 0.1) is 13.7 Å². The predicted molar refractivity (Wildman–Crippen MR) is 53.3 cm³/mol. The minimum atomic E-state index is -0.654. The first-order valence-corrected chi connectivity index (χ1v) is 4.51. The Balaban J connectivity index is 2.94. The van der Waals surface area contributed by atoms with Crippen molar-refractivity contribution < 1.29 is 14.6 Å². The number of aliphatic hydroxyl groups excluding tert-OH is 1. The lowest BCUT2D eigenvalue weighted by Gasteiger charge is -2.11. The number of hydrogen-bond donors (Lipinski definition) is 1. The summed E-state index contributed by atoms with van der Waals surface area (Å²) in [5.41, 5.74) is 0.659. The second-order valence-corrected chi connectivity index (χ2v) is 3.25. The highest BCUT2D eigenvalue weighted by atomic mass is 35.5. The van der Waals surface area contributed by atoms with Crippen LogP contribution in [0.25, 0.3) is 0 Å². The van der Waals surface area contributed by atoms with Gasteiger partial charge in [0, 0.05) is 5.02 Å². The molecule has 3 nitrogen and oxygen atoms in total. The van der Waals surface area contributed by atoms with Crippen molar-refractivity contribution in [3.05, 3.63) is 34.9 Å². The first kappa shape index (κ1) is 11.0. The summed E-state index contributed by atoms with van der Waals surface area (Å²) in [5, 5.41) is 9.56. The van der Waals surface area contributed by atoms with Crippen LogP contribution in [0.2, 0.25) is 5.02 Å². The molecule has 0 aromatic heterocycles. The van der Waals surface area contributed by atoms with Crippen molar-refractivity contribution in [3.63, 3.8) is 0 Å². The summed E-state index contributed by atoms with van der Waals surface area (Å²) in [7, 11) is 1.29. The molecule has 0 saturated carbocycles. The van der Waals surface area contributed by atoms with Gasteiger partial charge in [-0.1, -0.05) is 23.7 Å². The fraction of sp³-hybridized carbons (Fsp3) is 0.300. The molecule has 4 heteroatoms.